The van der Waals surface area contributed by atoms with Crippen molar-refractivity contribution in [2.24, 2.45) is 5.11 Å². The molecule has 0 atom stereocenters. The highest BCUT2D eigenvalue weighted by atomic mass is 16.5. The van der Waals surface area contributed by atoms with Crippen LogP contribution in [0.5, 0.6) is 5.75 Å². The molecule has 1 rings (SSSR count). The lowest BCUT2D eigenvalue weighted by atomic mass is 10.1. The second kappa shape index (κ2) is 5.58. The summed E-state index contributed by atoms with van der Waals surface area (Å²) in [7, 11) is 1.49. The van der Waals surface area contributed by atoms with Crippen LogP contribution < -0.4 is 4.74 Å². The second-order valence-electron chi connectivity index (χ2n) is 3.22. The van der Waals surface area contributed by atoms with Gasteiger partial charge in [-0.15, -0.1) is 0 Å². The highest BCUT2D eigenvalue weighted by Gasteiger charge is 2.08. The Labute approximate surface area is 97.8 Å². The topological polar surface area (TPSA) is 95.3 Å². The van der Waals surface area contributed by atoms with Crippen LogP contribution in [0.25, 0.3) is 16.5 Å². The van der Waals surface area contributed by atoms with E-state index in [4.69, 9.17) is 15.4 Å². The number of hydrogen-bond donors (Lipinski definition) is 1. The predicted molar refractivity (Wildman–Crippen MR) is 62.5 cm³/mol. The van der Waals surface area contributed by atoms with Gasteiger partial charge in [0.1, 0.15) is 11.4 Å². The fourth-order valence-corrected chi connectivity index (χ4v) is 1.40. The van der Waals surface area contributed by atoms with E-state index >= 15 is 0 Å². The van der Waals surface area contributed by atoms with Crippen LogP contribution in [-0.2, 0) is 4.79 Å². The summed E-state index contributed by atoms with van der Waals surface area (Å²) in [6, 6.07) is 5.28. The Morgan fingerprint density at radius 1 is 1.59 bits per heavy atom. The minimum atomic E-state index is -1.29. The lowest BCUT2D eigenvalue weighted by molar-refractivity contribution is -0.132. The molecule has 0 aromatic heterocycles. The molecule has 0 aliphatic carbocycles. The van der Waals surface area contributed by atoms with Gasteiger partial charge in [0.05, 0.1) is 7.11 Å². The Morgan fingerprint density at radius 3 is 2.82 bits per heavy atom. The number of aryl methyl sites for hydroxylation is 1. The SMILES string of the molecule is COc1c(C)cccc1C=C(N=[N+]=[N-])C(=O)O. The van der Waals surface area contributed by atoms with E-state index in [-0.39, 0.29) is 5.70 Å². The molecule has 0 saturated heterocycles. The van der Waals surface area contributed by atoms with Gasteiger partial charge < -0.3 is 9.84 Å². The van der Waals surface area contributed by atoms with Crippen molar-refractivity contribution < 1.29 is 14.6 Å². The molecule has 0 bridgehead atoms. The van der Waals surface area contributed by atoms with Crippen molar-refractivity contribution in [2.75, 3.05) is 7.11 Å². The highest BCUT2D eigenvalue weighted by Crippen LogP contribution is 2.25. The van der Waals surface area contributed by atoms with E-state index < -0.39 is 5.97 Å². The van der Waals surface area contributed by atoms with Crippen molar-refractivity contribution >= 4 is 12.0 Å². The molecule has 6 nitrogen and oxygen atoms in total. The van der Waals surface area contributed by atoms with E-state index in [1.807, 2.05) is 13.0 Å². The van der Waals surface area contributed by atoms with E-state index in [1.54, 1.807) is 12.1 Å². The first-order valence-electron chi connectivity index (χ1n) is 4.74. The van der Waals surface area contributed by atoms with Gasteiger partial charge in [0, 0.05) is 10.5 Å². The number of nitrogens with zero attached hydrogens (tertiary/aromatic N) is 3. The first-order chi connectivity index (χ1) is 8.10. The van der Waals surface area contributed by atoms with Crippen molar-refractivity contribution in [3.05, 3.63) is 45.5 Å². The van der Waals surface area contributed by atoms with Crippen LogP contribution in [0.4, 0.5) is 0 Å². The largest absolute Gasteiger partial charge is 0.496 e. The van der Waals surface area contributed by atoms with Crippen LogP contribution in [-0.4, -0.2) is 18.2 Å². The molecule has 0 saturated carbocycles. The van der Waals surface area contributed by atoms with Gasteiger partial charge in [0.15, 0.2) is 0 Å². The molecule has 0 fully saturated rings. The summed E-state index contributed by atoms with van der Waals surface area (Å²) in [6.45, 7) is 1.84. The average molecular weight is 233 g/mol. The van der Waals surface area contributed by atoms with Gasteiger partial charge in [-0.3, -0.25) is 0 Å². The Kier molecular flexibility index (Phi) is 4.14. The van der Waals surface area contributed by atoms with Crippen molar-refractivity contribution in [3.8, 4) is 5.75 Å². The number of aliphatic carboxylic acids is 1. The molecular weight excluding hydrogens is 222 g/mol. The first kappa shape index (κ1) is 12.6. The predicted octanol–water partition coefficient (Wildman–Crippen LogP) is 2.74. The van der Waals surface area contributed by atoms with Gasteiger partial charge in [-0.1, -0.05) is 23.3 Å². The maximum Gasteiger partial charge on any atom is 0.338 e. The molecule has 88 valence electrons. The van der Waals surface area contributed by atoms with E-state index in [0.29, 0.717) is 11.3 Å². The number of hydrogen-bond acceptors (Lipinski definition) is 3. The number of carboxylic acid groups (broad SMARTS) is 1. The molecule has 0 spiro atoms. The molecular formula is C11H11N3O3. The molecule has 0 amide bonds. The Bertz CT molecular complexity index is 513. The monoisotopic (exact) mass is 233 g/mol. The summed E-state index contributed by atoms with van der Waals surface area (Å²) in [5, 5.41) is 11.9. The maximum absolute atomic E-state index is 10.8. The number of methoxy groups -OCH3 is 1. The zero-order valence-electron chi connectivity index (χ0n) is 9.41. The van der Waals surface area contributed by atoms with Crippen molar-refractivity contribution in [2.45, 2.75) is 6.92 Å². The summed E-state index contributed by atoms with van der Waals surface area (Å²) < 4.78 is 5.16. The molecule has 0 aliphatic heterocycles. The summed E-state index contributed by atoms with van der Waals surface area (Å²) in [4.78, 5) is 13.3. The van der Waals surface area contributed by atoms with E-state index in [2.05, 4.69) is 10.0 Å². The van der Waals surface area contributed by atoms with Crippen LogP contribution in [0.2, 0.25) is 0 Å². The standard InChI is InChI=1S/C11H11N3O3/c1-7-4-3-5-8(10(7)17-2)6-9(11(15)16)13-14-12/h3-6H,1-2H3,(H,15,16). The molecule has 0 aliphatic rings. The van der Waals surface area contributed by atoms with Crippen molar-refractivity contribution in [1.82, 2.24) is 0 Å². The normalized spacial score (nSPS) is 10.6. The van der Waals surface area contributed by atoms with Crippen molar-refractivity contribution in [1.29, 1.82) is 0 Å². The minimum Gasteiger partial charge on any atom is -0.496 e. The number of carboxylic acids is 1. The number of ether oxygens (including phenoxy) is 1. The number of azide groups is 1. The summed E-state index contributed by atoms with van der Waals surface area (Å²) in [5.41, 5.74) is 9.31. The minimum absolute atomic E-state index is 0.378. The molecule has 0 radical (unpaired) electrons. The van der Waals surface area contributed by atoms with Gasteiger partial charge in [-0.25, -0.2) is 4.79 Å². The third kappa shape index (κ3) is 2.99. The quantitative estimate of drug-likeness (QED) is 0.375. The van der Waals surface area contributed by atoms with Crippen LogP contribution >= 0.6 is 0 Å². The van der Waals surface area contributed by atoms with Gasteiger partial charge >= 0.3 is 5.97 Å². The third-order valence-electron chi connectivity index (χ3n) is 2.11. The van der Waals surface area contributed by atoms with E-state index in [9.17, 15) is 4.79 Å². The number of carbonyl (C=O) groups is 1. The average Bonchev–Trinajstić information content (AvgIpc) is 2.28. The Morgan fingerprint density at radius 2 is 2.29 bits per heavy atom. The lowest BCUT2D eigenvalue weighted by Crippen LogP contribution is -1.98. The van der Waals surface area contributed by atoms with Crippen molar-refractivity contribution in [3.63, 3.8) is 0 Å². The summed E-state index contributed by atoms with van der Waals surface area (Å²) in [5.74, 6) is -0.731. The van der Waals surface area contributed by atoms with Gasteiger partial charge in [0.25, 0.3) is 0 Å². The van der Waals surface area contributed by atoms with Crippen LogP contribution in [0.1, 0.15) is 11.1 Å². The summed E-state index contributed by atoms with van der Waals surface area (Å²) >= 11 is 0. The molecule has 1 aromatic rings. The first-order valence-corrected chi connectivity index (χ1v) is 4.74. The van der Waals surface area contributed by atoms with Crippen LogP contribution in [0, 0.1) is 6.92 Å². The molecule has 0 unspecified atom stereocenters. The molecule has 17 heavy (non-hydrogen) atoms. The molecule has 0 heterocycles. The number of benzene rings is 1. The van der Waals surface area contributed by atoms with Gasteiger partial charge in [0.2, 0.25) is 0 Å². The Hall–Kier alpha value is -2.46. The second-order valence-corrected chi connectivity index (χ2v) is 3.22. The van der Waals surface area contributed by atoms with Crippen LogP contribution in [0.3, 0.4) is 0 Å². The van der Waals surface area contributed by atoms with Crippen LogP contribution in [0.15, 0.2) is 29.0 Å². The smallest absolute Gasteiger partial charge is 0.338 e. The zero-order valence-corrected chi connectivity index (χ0v) is 9.41. The summed E-state index contributed by atoms with van der Waals surface area (Å²) in [6.07, 6.45) is 1.27. The Balaban J connectivity index is 3.33. The lowest BCUT2D eigenvalue weighted by Gasteiger charge is -2.08. The molecule has 1 N–H and O–H groups in total. The number of rotatable bonds is 4. The maximum atomic E-state index is 10.8. The fourth-order valence-electron chi connectivity index (χ4n) is 1.40. The van der Waals surface area contributed by atoms with E-state index in [0.717, 1.165) is 5.56 Å². The van der Waals surface area contributed by atoms with E-state index in [1.165, 1.54) is 13.2 Å². The van der Waals surface area contributed by atoms with Gasteiger partial charge in [-0.2, -0.15) is 0 Å². The number of para-hydroxylation sites is 1. The fraction of sp³-hybridized carbons (Fsp3) is 0.182. The molecule has 1 aromatic carbocycles. The highest BCUT2D eigenvalue weighted by molar-refractivity contribution is 5.92. The third-order valence-corrected chi connectivity index (χ3v) is 2.11. The zero-order chi connectivity index (χ0) is 12.8. The molecule has 6 heteroatoms. The van der Waals surface area contributed by atoms with Gasteiger partial charge in [-0.05, 0) is 24.1 Å².